The average Bonchev–Trinajstić information content (AvgIpc) is 2.60. The molecule has 1 amide bonds. The van der Waals surface area contributed by atoms with Gasteiger partial charge in [-0.15, -0.1) is 0 Å². The number of carboxylic acid groups (broad SMARTS) is 2. The van der Waals surface area contributed by atoms with Crippen LogP contribution in [-0.2, 0) is 4.79 Å². The van der Waals surface area contributed by atoms with Crippen molar-refractivity contribution in [2.24, 2.45) is 5.41 Å². The van der Waals surface area contributed by atoms with Gasteiger partial charge in [-0.05, 0) is 24.7 Å². The van der Waals surface area contributed by atoms with Crippen molar-refractivity contribution in [3.8, 4) is 0 Å². The van der Waals surface area contributed by atoms with Crippen molar-refractivity contribution >= 4 is 12.1 Å². The van der Waals surface area contributed by atoms with Gasteiger partial charge in [0.15, 0.2) is 0 Å². The van der Waals surface area contributed by atoms with E-state index in [1.807, 2.05) is 0 Å². The van der Waals surface area contributed by atoms with Gasteiger partial charge in [0.25, 0.3) is 0 Å². The van der Waals surface area contributed by atoms with E-state index >= 15 is 0 Å². The van der Waals surface area contributed by atoms with Crippen LogP contribution in [0.1, 0.15) is 19.3 Å². The number of likely N-dealkylation sites (tertiary alicyclic amines) is 1. The molecule has 5 heteroatoms. The summed E-state index contributed by atoms with van der Waals surface area (Å²) in [5.74, 6) is -1.02. The molecule has 1 aliphatic carbocycles. The molecular formula is C8H11NO4. The van der Waals surface area contributed by atoms with Crippen LogP contribution in [0, 0.1) is 5.41 Å². The summed E-state index contributed by atoms with van der Waals surface area (Å²) in [6.07, 6.45) is 1.33. The van der Waals surface area contributed by atoms with Crippen LogP contribution < -0.4 is 0 Å². The number of carbonyl (C=O) groups is 2. The fourth-order valence-electron chi connectivity index (χ4n) is 2.02. The molecule has 2 N–H and O–H groups in total. The highest BCUT2D eigenvalue weighted by atomic mass is 16.4. The van der Waals surface area contributed by atoms with Crippen LogP contribution in [0.3, 0.4) is 0 Å². The first-order valence-corrected chi connectivity index (χ1v) is 4.26. The Bertz CT molecular complexity index is 247. The molecular weight excluding hydrogens is 174 g/mol. The van der Waals surface area contributed by atoms with Crippen molar-refractivity contribution in [3.63, 3.8) is 0 Å². The van der Waals surface area contributed by atoms with E-state index < -0.39 is 18.1 Å². The van der Waals surface area contributed by atoms with Gasteiger partial charge in [-0.2, -0.15) is 0 Å². The molecule has 0 bridgehead atoms. The van der Waals surface area contributed by atoms with E-state index in [0.29, 0.717) is 13.0 Å². The van der Waals surface area contributed by atoms with E-state index in [1.165, 1.54) is 0 Å². The number of nitrogens with zero attached hydrogens (tertiary/aromatic N) is 1. The molecule has 0 radical (unpaired) electrons. The van der Waals surface area contributed by atoms with Gasteiger partial charge in [-0.1, -0.05) is 0 Å². The van der Waals surface area contributed by atoms with Crippen LogP contribution >= 0.6 is 0 Å². The molecule has 2 fully saturated rings. The molecule has 1 saturated heterocycles. The third-order valence-corrected chi connectivity index (χ3v) is 3.00. The summed E-state index contributed by atoms with van der Waals surface area (Å²) in [5.41, 5.74) is 0.0153. The van der Waals surface area contributed by atoms with Gasteiger partial charge < -0.3 is 10.2 Å². The minimum absolute atomic E-state index is 0.0153. The second-order valence-electron chi connectivity index (χ2n) is 3.97. The van der Waals surface area contributed by atoms with Crippen molar-refractivity contribution in [1.29, 1.82) is 0 Å². The Kier molecular flexibility index (Phi) is 1.52. The number of carboxylic acids is 1. The number of rotatable bonds is 1. The zero-order valence-electron chi connectivity index (χ0n) is 7.06. The number of hydrogen-bond acceptors (Lipinski definition) is 2. The van der Waals surface area contributed by atoms with Crippen molar-refractivity contribution in [1.82, 2.24) is 4.90 Å². The zero-order chi connectivity index (χ0) is 9.64. The van der Waals surface area contributed by atoms with Crippen LogP contribution in [0.25, 0.3) is 0 Å². The fourth-order valence-corrected chi connectivity index (χ4v) is 2.02. The molecule has 0 unspecified atom stereocenters. The van der Waals surface area contributed by atoms with Gasteiger partial charge in [-0.3, -0.25) is 4.90 Å². The summed E-state index contributed by atoms with van der Waals surface area (Å²) < 4.78 is 0. The minimum Gasteiger partial charge on any atom is -0.480 e. The first kappa shape index (κ1) is 8.34. The highest BCUT2D eigenvalue weighted by molar-refractivity contribution is 5.80. The van der Waals surface area contributed by atoms with E-state index in [1.54, 1.807) is 0 Å². The van der Waals surface area contributed by atoms with Crippen molar-refractivity contribution in [3.05, 3.63) is 0 Å². The maximum Gasteiger partial charge on any atom is 0.408 e. The highest BCUT2D eigenvalue weighted by Gasteiger charge is 2.55. The maximum absolute atomic E-state index is 10.7. The van der Waals surface area contributed by atoms with E-state index in [4.69, 9.17) is 10.2 Å². The smallest absolute Gasteiger partial charge is 0.408 e. The van der Waals surface area contributed by atoms with Crippen LogP contribution in [0.5, 0.6) is 0 Å². The molecule has 1 atom stereocenters. The van der Waals surface area contributed by atoms with Crippen LogP contribution in [0.4, 0.5) is 4.79 Å². The van der Waals surface area contributed by atoms with Crippen molar-refractivity contribution in [2.75, 3.05) is 6.54 Å². The van der Waals surface area contributed by atoms with Crippen molar-refractivity contribution < 1.29 is 19.8 Å². The standard InChI is InChI=1S/C8H11NO4/c10-6(11)5-3-8(1-2-8)4-9(5)7(12)13/h5H,1-4H2,(H,10,11)(H,12,13)/t5-/m0/s1. The molecule has 0 aromatic carbocycles. The largest absolute Gasteiger partial charge is 0.480 e. The normalized spacial score (nSPS) is 29.2. The van der Waals surface area contributed by atoms with Gasteiger partial charge in [0.1, 0.15) is 6.04 Å². The SMILES string of the molecule is O=C(O)[C@@H]1CC2(CC2)CN1C(=O)O. The molecule has 72 valence electrons. The Morgan fingerprint density at radius 3 is 2.23 bits per heavy atom. The molecule has 1 aliphatic heterocycles. The molecule has 13 heavy (non-hydrogen) atoms. The first-order chi connectivity index (χ1) is 6.04. The second kappa shape index (κ2) is 2.37. The van der Waals surface area contributed by atoms with Gasteiger partial charge in [-0.25, -0.2) is 9.59 Å². The molecule has 1 saturated carbocycles. The zero-order valence-corrected chi connectivity index (χ0v) is 7.06. The molecule has 1 heterocycles. The number of hydrogen-bond donors (Lipinski definition) is 2. The van der Waals surface area contributed by atoms with E-state index in [-0.39, 0.29) is 5.41 Å². The third kappa shape index (κ3) is 1.24. The maximum atomic E-state index is 10.7. The molecule has 5 nitrogen and oxygen atoms in total. The molecule has 0 aromatic heterocycles. The second-order valence-corrected chi connectivity index (χ2v) is 3.97. The minimum atomic E-state index is -1.11. The van der Waals surface area contributed by atoms with Crippen molar-refractivity contribution in [2.45, 2.75) is 25.3 Å². The lowest BCUT2D eigenvalue weighted by atomic mass is 10.0. The summed E-state index contributed by atoms with van der Waals surface area (Å²) in [4.78, 5) is 22.5. The quantitative estimate of drug-likeness (QED) is 0.627. The van der Waals surface area contributed by atoms with E-state index in [2.05, 4.69) is 0 Å². The lowest BCUT2D eigenvalue weighted by Crippen LogP contribution is -2.39. The van der Waals surface area contributed by atoms with Gasteiger partial charge >= 0.3 is 12.1 Å². The van der Waals surface area contributed by atoms with Crippen LogP contribution in [0.2, 0.25) is 0 Å². The number of aliphatic carboxylic acids is 1. The first-order valence-electron chi connectivity index (χ1n) is 4.26. The summed E-state index contributed by atoms with van der Waals surface area (Å²) >= 11 is 0. The molecule has 1 spiro atoms. The third-order valence-electron chi connectivity index (χ3n) is 3.00. The summed E-state index contributed by atoms with van der Waals surface area (Å²) in [5, 5.41) is 17.5. The van der Waals surface area contributed by atoms with Crippen LogP contribution in [0.15, 0.2) is 0 Å². The Labute approximate surface area is 75.0 Å². The van der Waals surface area contributed by atoms with E-state index in [9.17, 15) is 9.59 Å². The van der Waals surface area contributed by atoms with Crippen LogP contribution in [-0.4, -0.2) is 39.8 Å². The van der Waals surface area contributed by atoms with E-state index in [0.717, 1.165) is 17.7 Å². The number of amides is 1. The predicted octanol–water partition coefficient (Wildman–Crippen LogP) is 0.604. The highest BCUT2D eigenvalue weighted by Crippen LogP contribution is 2.54. The Morgan fingerprint density at radius 2 is 1.92 bits per heavy atom. The Balaban J connectivity index is 2.16. The van der Waals surface area contributed by atoms with Gasteiger partial charge in [0.05, 0.1) is 0 Å². The van der Waals surface area contributed by atoms with Gasteiger partial charge in [0.2, 0.25) is 0 Å². The fraction of sp³-hybridized carbons (Fsp3) is 0.750. The summed E-state index contributed by atoms with van der Waals surface area (Å²) in [6.45, 7) is 0.402. The molecule has 2 aliphatic rings. The van der Waals surface area contributed by atoms with Gasteiger partial charge in [0, 0.05) is 6.54 Å². The Hall–Kier alpha value is -1.26. The summed E-state index contributed by atoms with van der Waals surface area (Å²) in [6, 6.07) is -0.819. The lowest BCUT2D eigenvalue weighted by molar-refractivity contribution is -0.141. The monoisotopic (exact) mass is 185 g/mol. The molecule has 2 rings (SSSR count). The summed E-state index contributed by atoms with van der Waals surface area (Å²) in [7, 11) is 0. The average molecular weight is 185 g/mol. The molecule has 0 aromatic rings. The predicted molar refractivity (Wildman–Crippen MR) is 42.4 cm³/mol. The topological polar surface area (TPSA) is 77.8 Å². The lowest BCUT2D eigenvalue weighted by Gasteiger charge is -2.16. The Morgan fingerprint density at radius 1 is 1.31 bits per heavy atom.